The molecule has 0 N–H and O–H groups in total. The van der Waals surface area contributed by atoms with Crippen molar-refractivity contribution in [2.45, 2.75) is 20.3 Å². The smallest absolute Gasteiger partial charge is 0.0953 e. The highest BCUT2D eigenvalue weighted by molar-refractivity contribution is 5.58. The summed E-state index contributed by atoms with van der Waals surface area (Å²) in [6.07, 6.45) is 11.1. The highest BCUT2D eigenvalue weighted by Crippen LogP contribution is 2.46. The molecule has 0 amide bonds. The lowest BCUT2D eigenvalue weighted by atomic mass is 9.84. The van der Waals surface area contributed by atoms with Crippen LogP contribution in [0.1, 0.15) is 20.3 Å². The molecule has 2 rings (SSSR count). The number of nitriles is 1. The quantitative estimate of drug-likeness (QED) is 0.565. The molecule has 0 atom stereocenters. The van der Waals surface area contributed by atoms with E-state index in [9.17, 15) is 0 Å². The fourth-order valence-electron chi connectivity index (χ4n) is 2.13. The zero-order valence-electron chi connectivity index (χ0n) is 8.54. The van der Waals surface area contributed by atoms with Crippen LogP contribution in [0.3, 0.4) is 0 Å². The third-order valence-corrected chi connectivity index (χ3v) is 2.85. The first kappa shape index (κ1) is 9.02. The zero-order chi connectivity index (χ0) is 10.2. The minimum Gasteiger partial charge on any atom is -0.193 e. The number of hydrogen-bond acceptors (Lipinski definition) is 1. The van der Waals surface area contributed by atoms with Crippen LogP contribution in [-0.2, 0) is 0 Å². The van der Waals surface area contributed by atoms with Gasteiger partial charge in [0.2, 0.25) is 0 Å². The molecule has 0 heterocycles. The van der Waals surface area contributed by atoms with E-state index in [-0.39, 0.29) is 5.41 Å². The Kier molecular flexibility index (Phi) is 1.93. The molecular formula is C13H13N. The van der Waals surface area contributed by atoms with Crippen molar-refractivity contribution < 1.29 is 0 Å². The van der Waals surface area contributed by atoms with Gasteiger partial charge in [0.05, 0.1) is 6.07 Å². The molecule has 0 fully saturated rings. The van der Waals surface area contributed by atoms with E-state index < -0.39 is 0 Å². The maximum Gasteiger partial charge on any atom is 0.0953 e. The normalized spacial score (nSPS) is 22.8. The van der Waals surface area contributed by atoms with E-state index in [0.29, 0.717) is 0 Å². The number of fused-ring (bicyclic) bond motifs is 1. The molecule has 2 aliphatic rings. The van der Waals surface area contributed by atoms with Crippen LogP contribution in [0.5, 0.6) is 0 Å². The van der Waals surface area contributed by atoms with Gasteiger partial charge in [-0.2, -0.15) is 5.26 Å². The van der Waals surface area contributed by atoms with E-state index >= 15 is 0 Å². The first-order valence-electron chi connectivity index (χ1n) is 4.84. The fraction of sp³-hybridized carbons (Fsp3) is 0.308. The number of allylic oxidation sites excluding steroid dienone is 8. The van der Waals surface area contributed by atoms with Crippen molar-refractivity contribution in [2.24, 2.45) is 5.41 Å². The lowest BCUT2D eigenvalue weighted by Gasteiger charge is -2.20. The molecule has 0 aromatic rings. The molecule has 0 radical (unpaired) electrons. The van der Waals surface area contributed by atoms with Gasteiger partial charge in [0, 0.05) is 5.57 Å². The first-order chi connectivity index (χ1) is 6.65. The number of nitrogens with zero attached hydrogens (tertiary/aromatic N) is 1. The van der Waals surface area contributed by atoms with E-state index in [1.165, 1.54) is 5.57 Å². The molecule has 0 aliphatic heterocycles. The molecule has 2 aliphatic carbocycles. The summed E-state index contributed by atoms with van der Waals surface area (Å²) in [6.45, 7) is 4.38. The SMILES string of the molecule is CC1(C)CC(C#N)=C2C=CC=CC=C21. The van der Waals surface area contributed by atoms with Gasteiger partial charge in [-0.3, -0.25) is 0 Å². The molecule has 0 aromatic carbocycles. The average molecular weight is 183 g/mol. The van der Waals surface area contributed by atoms with Gasteiger partial charge in [0.25, 0.3) is 0 Å². The van der Waals surface area contributed by atoms with E-state index in [0.717, 1.165) is 17.6 Å². The Morgan fingerprint density at radius 3 is 2.79 bits per heavy atom. The molecule has 0 aromatic heterocycles. The van der Waals surface area contributed by atoms with Crippen molar-refractivity contribution >= 4 is 0 Å². The second kappa shape index (κ2) is 2.99. The second-order valence-corrected chi connectivity index (χ2v) is 4.39. The van der Waals surface area contributed by atoms with Gasteiger partial charge >= 0.3 is 0 Å². The third kappa shape index (κ3) is 1.24. The average Bonchev–Trinajstić information content (AvgIpc) is 2.36. The Morgan fingerprint density at radius 2 is 2.07 bits per heavy atom. The van der Waals surface area contributed by atoms with Gasteiger partial charge in [-0.15, -0.1) is 0 Å². The van der Waals surface area contributed by atoms with Gasteiger partial charge < -0.3 is 0 Å². The van der Waals surface area contributed by atoms with Crippen LogP contribution >= 0.6 is 0 Å². The van der Waals surface area contributed by atoms with E-state index in [1.807, 2.05) is 24.3 Å². The van der Waals surface area contributed by atoms with Gasteiger partial charge in [0.1, 0.15) is 0 Å². The van der Waals surface area contributed by atoms with Crippen molar-refractivity contribution in [2.75, 3.05) is 0 Å². The lowest BCUT2D eigenvalue weighted by molar-refractivity contribution is 0.477. The minimum atomic E-state index is 0.111. The van der Waals surface area contributed by atoms with Gasteiger partial charge in [0.15, 0.2) is 0 Å². The molecule has 14 heavy (non-hydrogen) atoms. The summed E-state index contributed by atoms with van der Waals surface area (Å²) in [6, 6.07) is 2.31. The maximum absolute atomic E-state index is 9.04. The molecule has 0 unspecified atom stereocenters. The summed E-state index contributed by atoms with van der Waals surface area (Å²) >= 11 is 0. The molecule has 1 heteroatoms. The van der Waals surface area contributed by atoms with Crippen molar-refractivity contribution in [3.8, 4) is 6.07 Å². The third-order valence-electron chi connectivity index (χ3n) is 2.85. The summed E-state index contributed by atoms with van der Waals surface area (Å²) in [5.74, 6) is 0. The number of hydrogen-bond donors (Lipinski definition) is 0. The Labute approximate surface area is 84.7 Å². The predicted octanol–water partition coefficient (Wildman–Crippen LogP) is 3.29. The van der Waals surface area contributed by atoms with Crippen molar-refractivity contribution in [3.05, 3.63) is 47.1 Å². The molecule has 0 bridgehead atoms. The Hall–Kier alpha value is -1.55. The predicted molar refractivity (Wildman–Crippen MR) is 57.4 cm³/mol. The highest BCUT2D eigenvalue weighted by Gasteiger charge is 2.34. The summed E-state index contributed by atoms with van der Waals surface area (Å²) in [4.78, 5) is 0. The Bertz CT molecular complexity index is 423. The molecule has 0 saturated heterocycles. The lowest BCUT2D eigenvalue weighted by Crippen LogP contribution is -2.09. The van der Waals surface area contributed by atoms with Crippen molar-refractivity contribution in [3.63, 3.8) is 0 Å². The van der Waals surface area contributed by atoms with Crippen LogP contribution in [0.15, 0.2) is 47.1 Å². The van der Waals surface area contributed by atoms with Crippen LogP contribution in [0, 0.1) is 16.7 Å². The Balaban J connectivity index is 2.59. The maximum atomic E-state index is 9.04. The van der Waals surface area contributed by atoms with Crippen LogP contribution in [-0.4, -0.2) is 0 Å². The van der Waals surface area contributed by atoms with Gasteiger partial charge in [-0.05, 0) is 23.0 Å². The largest absolute Gasteiger partial charge is 0.193 e. The zero-order valence-corrected chi connectivity index (χ0v) is 8.54. The summed E-state index contributed by atoms with van der Waals surface area (Å²) in [5, 5.41) is 9.04. The topological polar surface area (TPSA) is 23.8 Å². The monoisotopic (exact) mass is 183 g/mol. The fourth-order valence-corrected chi connectivity index (χ4v) is 2.13. The van der Waals surface area contributed by atoms with Gasteiger partial charge in [-0.25, -0.2) is 0 Å². The minimum absolute atomic E-state index is 0.111. The second-order valence-electron chi connectivity index (χ2n) is 4.39. The molecular weight excluding hydrogens is 170 g/mol. The summed E-state index contributed by atoms with van der Waals surface area (Å²) in [7, 11) is 0. The molecule has 70 valence electrons. The highest BCUT2D eigenvalue weighted by atomic mass is 14.4. The van der Waals surface area contributed by atoms with Crippen LogP contribution < -0.4 is 0 Å². The van der Waals surface area contributed by atoms with E-state index in [4.69, 9.17) is 5.26 Å². The standard InChI is InChI=1S/C13H13N/c1-13(2)8-10(9-14)11-6-4-3-5-7-12(11)13/h3-7H,8H2,1-2H3. The van der Waals surface area contributed by atoms with Crippen molar-refractivity contribution in [1.82, 2.24) is 0 Å². The van der Waals surface area contributed by atoms with Gasteiger partial charge in [-0.1, -0.05) is 44.2 Å². The first-order valence-corrected chi connectivity index (χ1v) is 4.84. The summed E-state index contributed by atoms with van der Waals surface area (Å²) in [5.41, 5.74) is 3.45. The van der Waals surface area contributed by atoms with E-state index in [1.54, 1.807) is 0 Å². The van der Waals surface area contributed by atoms with E-state index in [2.05, 4.69) is 26.0 Å². The summed E-state index contributed by atoms with van der Waals surface area (Å²) < 4.78 is 0. The van der Waals surface area contributed by atoms with Crippen LogP contribution in [0.25, 0.3) is 0 Å². The number of rotatable bonds is 0. The van der Waals surface area contributed by atoms with Crippen LogP contribution in [0.2, 0.25) is 0 Å². The molecule has 1 nitrogen and oxygen atoms in total. The van der Waals surface area contributed by atoms with Crippen molar-refractivity contribution in [1.29, 1.82) is 5.26 Å². The molecule has 0 saturated carbocycles. The molecule has 0 spiro atoms. The Morgan fingerprint density at radius 1 is 1.29 bits per heavy atom. The van der Waals surface area contributed by atoms with Crippen LogP contribution in [0.4, 0.5) is 0 Å².